The quantitative estimate of drug-likeness (QED) is 0.0695. The van der Waals surface area contributed by atoms with Gasteiger partial charge in [0.25, 0.3) is 0 Å². The molecule has 0 aliphatic carbocycles. The van der Waals surface area contributed by atoms with E-state index in [2.05, 4.69) is 74.1 Å². The van der Waals surface area contributed by atoms with Crippen LogP contribution in [0.3, 0.4) is 0 Å². The van der Waals surface area contributed by atoms with E-state index in [4.69, 9.17) is 9.47 Å². The Hall–Kier alpha value is -2.70. The number of aryl methyl sites for hydroxylation is 2. The molecule has 0 heterocycles. The lowest BCUT2D eigenvalue weighted by Crippen LogP contribution is -2.45. The van der Waals surface area contributed by atoms with Crippen LogP contribution in [0.5, 0.6) is 11.5 Å². The van der Waals surface area contributed by atoms with Crippen molar-refractivity contribution in [3.05, 3.63) is 58.7 Å². The third-order valence-electron chi connectivity index (χ3n) is 8.51. The van der Waals surface area contributed by atoms with Gasteiger partial charge >= 0.3 is 11.9 Å². The fourth-order valence-electron chi connectivity index (χ4n) is 5.60. The average molecular weight is 611 g/mol. The molecule has 0 saturated carbocycles. The van der Waals surface area contributed by atoms with Crippen molar-refractivity contribution in [1.82, 2.24) is 0 Å². The fourth-order valence-corrected chi connectivity index (χ4v) is 5.60. The summed E-state index contributed by atoms with van der Waals surface area (Å²) >= 11 is 0. The molecule has 0 aliphatic rings. The molecule has 0 fully saturated rings. The van der Waals surface area contributed by atoms with Crippen molar-refractivity contribution >= 4 is 11.9 Å². The summed E-state index contributed by atoms with van der Waals surface area (Å²) in [6, 6.07) is 12.3. The molecule has 0 amide bonds. The summed E-state index contributed by atoms with van der Waals surface area (Å²) in [5, 5.41) is 0. The van der Waals surface area contributed by atoms with Crippen LogP contribution in [-0.4, -0.2) is 75.3 Å². The Bertz CT molecular complexity index is 1200. The monoisotopic (exact) mass is 610 g/mol. The van der Waals surface area contributed by atoms with Gasteiger partial charge in [-0.2, -0.15) is 0 Å². The van der Waals surface area contributed by atoms with Gasteiger partial charge in [-0.3, -0.25) is 0 Å². The number of carbonyl (C=O) groups is 2. The number of ether oxygens (including phenoxy) is 2. The molecule has 2 aromatic rings. The highest BCUT2D eigenvalue weighted by molar-refractivity contribution is 5.74. The van der Waals surface area contributed by atoms with Crippen molar-refractivity contribution in [3.63, 3.8) is 0 Å². The molecule has 246 valence electrons. The Morgan fingerprint density at radius 1 is 0.614 bits per heavy atom. The lowest BCUT2D eigenvalue weighted by molar-refractivity contribution is -0.883. The van der Waals surface area contributed by atoms with Gasteiger partial charge < -0.3 is 18.4 Å². The zero-order valence-corrected chi connectivity index (χ0v) is 29.6. The van der Waals surface area contributed by atoms with Crippen molar-refractivity contribution in [1.29, 1.82) is 0 Å². The van der Waals surface area contributed by atoms with Gasteiger partial charge in [0.15, 0.2) is 13.1 Å². The number of quaternary nitrogens is 2. The Morgan fingerprint density at radius 2 is 1.09 bits per heavy atom. The van der Waals surface area contributed by atoms with Crippen LogP contribution < -0.4 is 9.47 Å². The first kappa shape index (κ1) is 37.5. The Labute approximate surface area is 268 Å². The van der Waals surface area contributed by atoms with E-state index in [1.807, 2.05) is 32.0 Å². The highest BCUT2D eigenvalue weighted by Gasteiger charge is 2.23. The number of hydrogen-bond acceptors (Lipinski definition) is 4. The molecule has 0 saturated heterocycles. The number of esters is 2. The number of likely N-dealkylation sites (N-methyl/N-ethyl adjacent to an activating group) is 2. The summed E-state index contributed by atoms with van der Waals surface area (Å²) in [4.78, 5) is 25.4. The molecule has 0 radical (unpaired) electrons. The fraction of sp³-hybridized carbons (Fsp3) is 0.632. The van der Waals surface area contributed by atoms with Crippen molar-refractivity contribution in [3.8, 4) is 11.5 Å². The Balaban J connectivity index is 1.58. The van der Waals surface area contributed by atoms with Gasteiger partial charge in [0.1, 0.15) is 11.5 Å². The van der Waals surface area contributed by atoms with E-state index in [9.17, 15) is 9.59 Å². The maximum atomic E-state index is 12.7. The van der Waals surface area contributed by atoms with Gasteiger partial charge in [0.2, 0.25) is 0 Å². The lowest BCUT2D eigenvalue weighted by Gasteiger charge is -2.29. The first-order chi connectivity index (χ1) is 20.6. The summed E-state index contributed by atoms with van der Waals surface area (Å²) < 4.78 is 12.9. The van der Waals surface area contributed by atoms with Gasteiger partial charge in [0.05, 0.1) is 41.3 Å². The molecule has 2 aromatic carbocycles. The van der Waals surface area contributed by atoms with Gasteiger partial charge in [0, 0.05) is 0 Å². The van der Waals surface area contributed by atoms with Crippen LogP contribution in [0.25, 0.3) is 0 Å². The first-order valence-electron chi connectivity index (χ1n) is 16.8. The molecule has 0 bridgehead atoms. The second-order valence-electron chi connectivity index (χ2n) is 14.8. The van der Waals surface area contributed by atoms with E-state index in [1.165, 1.54) is 44.1 Å². The molecule has 6 heteroatoms. The SMILES string of the molecule is Cc1ccc(C(C)C)c(OC(=O)C[N+](C)(C)CCCCCCCCCC[N+](C)(C)CC(=O)Oc2cc(C(C)C)ccc2C)c1. The maximum Gasteiger partial charge on any atom is 0.367 e. The zero-order valence-electron chi connectivity index (χ0n) is 29.6. The summed E-state index contributed by atoms with van der Waals surface area (Å²) in [6.45, 7) is 15.3. The van der Waals surface area contributed by atoms with Crippen molar-refractivity contribution in [2.45, 2.75) is 105 Å². The van der Waals surface area contributed by atoms with Crippen LogP contribution in [0.1, 0.15) is 113 Å². The van der Waals surface area contributed by atoms with Crippen molar-refractivity contribution in [2.24, 2.45) is 0 Å². The summed E-state index contributed by atoms with van der Waals surface area (Å²) in [7, 11) is 8.46. The van der Waals surface area contributed by atoms with Gasteiger partial charge in [-0.25, -0.2) is 9.59 Å². The third-order valence-corrected chi connectivity index (χ3v) is 8.51. The molecular formula is C38H62N2O4+2. The topological polar surface area (TPSA) is 52.6 Å². The van der Waals surface area contributed by atoms with Gasteiger partial charge in [-0.1, -0.05) is 77.6 Å². The molecule has 0 aromatic heterocycles. The van der Waals surface area contributed by atoms with Crippen LogP contribution in [0.15, 0.2) is 36.4 Å². The van der Waals surface area contributed by atoms with Crippen LogP contribution in [0.4, 0.5) is 0 Å². The van der Waals surface area contributed by atoms with Crippen LogP contribution >= 0.6 is 0 Å². The normalized spacial score (nSPS) is 12.2. The predicted molar refractivity (Wildman–Crippen MR) is 182 cm³/mol. The zero-order chi connectivity index (χ0) is 32.9. The minimum Gasteiger partial charge on any atom is -0.422 e. The molecule has 0 unspecified atom stereocenters. The number of hydrogen-bond donors (Lipinski definition) is 0. The number of nitrogens with zero attached hydrogens (tertiary/aromatic N) is 2. The maximum absolute atomic E-state index is 12.7. The molecule has 0 spiro atoms. The van der Waals surface area contributed by atoms with Crippen LogP contribution in [0.2, 0.25) is 0 Å². The minimum atomic E-state index is -0.163. The van der Waals surface area contributed by atoms with E-state index in [0.717, 1.165) is 42.6 Å². The van der Waals surface area contributed by atoms with E-state index >= 15 is 0 Å². The van der Waals surface area contributed by atoms with Crippen molar-refractivity contribution < 1.29 is 28.0 Å². The Kier molecular flexibility index (Phi) is 15.1. The molecule has 0 N–H and O–H groups in total. The standard InChI is InChI=1S/C38H62N2O4/c1-29(2)33-21-20-32(6)35(26-33)43-37(41)27-39(7,8)23-17-15-13-11-12-14-16-18-24-40(9,10)28-38(42)44-36-25-31(5)19-22-34(36)30(3)4/h19-22,25-26,29-30H,11-18,23-24,27-28H2,1-10H3/q+2. The van der Waals surface area contributed by atoms with Crippen molar-refractivity contribution in [2.75, 3.05) is 54.4 Å². The molecule has 0 atom stereocenters. The second kappa shape index (κ2) is 17.7. The van der Waals surface area contributed by atoms with E-state index < -0.39 is 0 Å². The molecular weight excluding hydrogens is 548 g/mol. The number of carbonyl (C=O) groups excluding carboxylic acids is 2. The predicted octanol–water partition coefficient (Wildman–Crippen LogP) is 8.33. The van der Waals surface area contributed by atoms with E-state index in [0.29, 0.717) is 45.4 Å². The summed E-state index contributed by atoms with van der Waals surface area (Å²) in [5.41, 5.74) is 4.36. The number of rotatable bonds is 19. The molecule has 44 heavy (non-hydrogen) atoms. The summed E-state index contributed by atoms with van der Waals surface area (Å²) in [5.74, 6) is 1.78. The highest BCUT2D eigenvalue weighted by Crippen LogP contribution is 2.28. The number of benzene rings is 2. The lowest BCUT2D eigenvalue weighted by atomic mass is 10.0. The molecule has 0 aliphatic heterocycles. The number of unbranched alkanes of at least 4 members (excludes halogenated alkanes) is 7. The van der Waals surface area contributed by atoms with Crippen LogP contribution in [-0.2, 0) is 9.59 Å². The van der Waals surface area contributed by atoms with E-state index in [1.54, 1.807) is 0 Å². The Morgan fingerprint density at radius 3 is 1.57 bits per heavy atom. The molecule has 2 rings (SSSR count). The highest BCUT2D eigenvalue weighted by atomic mass is 16.5. The second-order valence-corrected chi connectivity index (χ2v) is 14.8. The average Bonchev–Trinajstić information content (AvgIpc) is 2.89. The largest absolute Gasteiger partial charge is 0.422 e. The van der Waals surface area contributed by atoms with Gasteiger partial charge in [-0.05, 0) is 85.8 Å². The van der Waals surface area contributed by atoms with Crippen LogP contribution in [0, 0.1) is 13.8 Å². The molecule has 6 nitrogen and oxygen atoms in total. The third kappa shape index (κ3) is 13.9. The van der Waals surface area contributed by atoms with E-state index in [-0.39, 0.29) is 11.9 Å². The summed E-state index contributed by atoms with van der Waals surface area (Å²) in [6.07, 6.45) is 9.58. The first-order valence-corrected chi connectivity index (χ1v) is 16.8. The van der Waals surface area contributed by atoms with Gasteiger partial charge in [-0.15, -0.1) is 0 Å². The minimum absolute atomic E-state index is 0.160. The smallest absolute Gasteiger partial charge is 0.367 e.